The number of hydrogen-bond acceptors (Lipinski definition) is 19. The number of rotatable bonds is 12. The zero-order chi connectivity index (χ0) is 31.6. The quantitative estimate of drug-likeness (QED) is 0.0748. The second kappa shape index (κ2) is 15.1. The number of aliphatic carboxylic acids is 1. The minimum absolute atomic E-state index is 0. The van der Waals surface area contributed by atoms with E-state index in [1.54, 1.807) is 0 Å². The minimum Gasteiger partial charge on any atom is -0.756 e. The van der Waals surface area contributed by atoms with Gasteiger partial charge in [0, 0.05) is 12.6 Å². The van der Waals surface area contributed by atoms with Crippen LogP contribution in [0.25, 0.3) is 0 Å². The van der Waals surface area contributed by atoms with Crippen LogP contribution in [0.15, 0.2) is 17.1 Å². The topological polar surface area (TPSA) is 355 Å². The molecule has 3 unspecified atom stereocenters. The SMILES string of the molecule is NCC(=O)N[C@H]1C([C@H](O)[C@H](O)CO)O[C@](OP(=O)([O-])OCC2O[C@@H](n3ccc(N)nc3=O)[C@H](O)[C@@H]2O)(C(=O)[O-])C[C@H]1O.[Na+]. The maximum atomic E-state index is 12.7. The Labute approximate surface area is 263 Å². The van der Waals surface area contributed by atoms with Crippen molar-refractivity contribution in [2.75, 3.05) is 25.5 Å². The Bertz CT molecular complexity index is 1240. The number of aromatic nitrogens is 2. The molecule has 0 bridgehead atoms. The van der Waals surface area contributed by atoms with Gasteiger partial charge in [0.1, 0.15) is 48.4 Å². The molecular formula is C20H30N5NaO16P-. The summed E-state index contributed by atoms with van der Waals surface area (Å²) >= 11 is 0. The number of hydrogen-bond donors (Lipinski definition) is 9. The Morgan fingerprint density at radius 2 is 1.95 bits per heavy atom. The number of carbonyl (C=O) groups excluding carboxylic acids is 2. The Kier molecular flexibility index (Phi) is 13.2. The number of amides is 1. The maximum Gasteiger partial charge on any atom is 1.00 e. The smallest absolute Gasteiger partial charge is 0.756 e. The Balaban J connectivity index is 0.00000645. The Morgan fingerprint density at radius 3 is 2.51 bits per heavy atom. The molecule has 2 aliphatic rings. The van der Waals surface area contributed by atoms with E-state index in [9.17, 15) is 59.6 Å². The van der Waals surface area contributed by atoms with Crippen molar-refractivity contribution in [1.82, 2.24) is 14.9 Å². The summed E-state index contributed by atoms with van der Waals surface area (Å²) in [6.45, 7) is -2.84. The molecule has 3 rings (SSSR count). The van der Waals surface area contributed by atoms with Gasteiger partial charge in [-0.1, -0.05) is 0 Å². The molecule has 0 saturated carbocycles. The largest absolute Gasteiger partial charge is 1.00 e. The summed E-state index contributed by atoms with van der Waals surface area (Å²) in [5.41, 5.74) is 9.63. The van der Waals surface area contributed by atoms with E-state index in [1.165, 1.54) is 6.07 Å². The van der Waals surface area contributed by atoms with Gasteiger partial charge in [0.15, 0.2) is 6.23 Å². The Hall–Kier alpha value is -1.63. The first-order chi connectivity index (χ1) is 19.6. The van der Waals surface area contributed by atoms with E-state index in [4.69, 9.17) is 20.9 Å². The van der Waals surface area contributed by atoms with Crippen molar-refractivity contribution < 1.29 is 103 Å². The van der Waals surface area contributed by atoms with Crippen molar-refractivity contribution in [3.05, 3.63) is 22.7 Å². The number of phosphoric acid groups is 1. The van der Waals surface area contributed by atoms with Crippen LogP contribution in [-0.4, -0.2) is 126 Å². The standard InChI is InChI=1S/C20H32N5O16P.Na/c21-4-11(29)24-12-7(27)3-20(18(33)34,40-16(12)13(30)8(28)5-26)41-42(36,37)38-6-9-14(31)15(32)17(39-9)25-2-1-10(22)23-19(25)35;/h1-2,7-9,12-17,26-28,30-32H,3-6,21H2,(H,24,29)(H,33,34)(H,36,37)(H2,22,23,35);/q;+1/p-2/t7-,8-,9?,12-,13-,14-,15-,16?,17-,20-;/m1./s1. The molecule has 21 nitrogen and oxygen atoms in total. The summed E-state index contributed by atoms with van der Waals surface area (Å²) < 4.78 is 33.1. The predicted octanol–water partition coefficient (Wildman–Crippen LogP) is -11.3. The summed E-state index contributed by atoms with van der Waals surface area (Å²) in [4.78, 5) is 52.1. The third kappa shape index (κ3) is 8.55. The number of nitrogens with zero attached hydrogens (tertiary/aromatic N) is 2. The normalized spacial score (nSPS) is 33.5. The fraction of sp³-hybridized carbons (Fsp3) is 0.700. The first-order valence-electron chi connectivity index (χ1n) is 12.1. The van der Waals surface area contributed by atoms with Crippen molar-refractivity contribution in [2.24, 2.45) is 5.73 Å². The third-order valence-corrected chi connectivity index (χ3v) is 7.42. The molecule has 43 heavy (non-hydrogen) atoms. The molecule has 23 heteroatoms. The number of carbonyl (C=O) groups is 2. The number of ether oxygens (including phenoxy) is 2. The molecular weight excluding hydrogens is 620 g/mol. The van der Waals surface area contributed by atoms with Gasteiger partial charge in [-0.3, -0.25) is 18.5 Å². The van der Waals surface area contributed by atoms with Gasteiger partial charge in [0.05, 0.1) is 31.9 Å². The summed E-state index contributed by atoms with van der Waals surface area (Å²) in [6.07, 6.45) is -15.4. The molecule has 11 N–H and O–H groups in total. The molecule has 2 aliphatic heterocycles. The van der Waals surface area contributed by atoms with Crippen LogP contribution in [0.3, 0.4) is 0 Å². The van der Waals surface area contributed by atoms with Crippen molar-refractivity contribution in [2.45, 2.75) is 67.2 Å². The number of anilines is 1. The predicted molar refractivity (Wildman–Crippen MR) is 127 cm³/mol. The van der Waals surface area contributed by atoms with Crippen LogP contribution in [0.5, 0.6) is 0 Å². The van der Waals surface area contributed by atoms with Gasteiger partial charge in [-0.25, -0.2) is 4.79 Å². The molecule has 1 aromatic rings. The van der Waals surface area contributed by atoms with Gasteiger partial charge in [0.2, 0.25) is 11.7 Å². The van der Waals surface area contributed by atoms with Crippen LogP contribution in [0.1, 0.15) is 12.6 Å². The fourth-order valence-electron chi connectivity index (χ4n) is 4.31. The monoisotopic (exact) mass is 650 g/mol. The average molecular weight is 650 g/mol. The maximum absolute atomic E-state index is 12.7. The van der Waals surface area contributed by atoms with Gasteiger partial charge in [-0.2, -0.15) is 4.98 Å². The number of carboxylic acid groups (broad SMARTS) is 1. The second-order valence-electron chi connectivity index (χ2n) is 9.36. The minimum atomic E-state index is -5.83. The van der Waals surface area contributed by atoms with Crippen LogP contribution in [-0.2, 0) is 32.7 Å². The molecule has 0 radical (unpaired) electrons. The molecule has 1 amide bonds. The van der Waals surface area contributed by atoms with E-state index >= 15 is 0 Å². The van der Waals surface area contributed by atoms with Crippen LogP contribution in [0.2, 0.25) is 0 Å². The fourth-order valence-corrected chi connectivity index (χ4v) is 5.25. The summed E-state index contributed by atoms with van der Waals surface area (Å²) in [7, 11) is -5.83. The van der Waals surface area contributed by atoms with Gasteiger partial charge >= 0.3 is 35.2 Å². The van der Waals surface area contributed by atoms with Gasteiger partial charge < -0.3 is 76.2 Å². The van der Waals surface area contributed by atoms with Crippen molar-refractivity contribution in [3.8, 4) is 0 Å². The molecule has 0 spiro atoms. The molecule has 0 aromatic carbocycles. The number of carboxylic acids is 1. The molecule has 11 atom stereocenters. The molecule has 1 aromatic heterocycles. The third-order valence-electron chi connectivity index (χ3n) is 6.43. The summed E-state index contributed by atoms with van der Waals surface area (Å²) in [5.74, 6) is -6.89. The van der Waals surface area contributed by atoms with Crippen molar-refractivity contribution in [1.29, 1.82) is 0 Å². The average Bonchev–Trinajstić information content (AvgIpc) is 3.20. The number of nitrogens with two attached hydrogens (primary N) is 2. The zero-order valence-corrected chi connectivity index (χ0v) is 25.3. The van der Waals surface area contributed by atoms with E-state index in [1.807, 2.05) is 0 Å². The van der Waals surface area contributed by atoms with Crippen LogP contribution < -0.4 is 62.0 Å². The Morgan fingerprint density at radius 1 is 1.30 bits per heavy atom. The molecule has 2 fully saturated rings. The number of nitrogens with one attached hydrogen (secondary N) is 1. The van der Waals surface area contributed by atoms with E-state index in [2.05, 4.69) is 19.3 Å². The molecule has 238 valence electrons. The zero-order valence-electron chi connectivity index (χ0n) is 22.4. The molecule has 0 aliphatic carbocycles. The van der Waals surface area contributed by atoms with E-state index in [0.717, 1.165) is 10.8 Å². The van der Waals surface area contributed by atoms with Gasteiger partial charge in [0.25, 0.3) is 7.82 Å². The van der Waals surface area contributed by atoms with E-state index in [0.29, 0.717) is 0 Å². The first-order valence-corrected chi connectivity index (χ1v) is 13.6. The van der Waals surface area contributed by atoms with Crippen LogP contribution in [0.4, 0.5) is 5.82 Å². The van der Waals surface area contributed by atoms with Crippen molar-refractivity contribution >= 4 is 25.5 Å². The van der Waals surface area contributed by atoms with Gasteiger partial charge in [-0.15, -0.1) is 0 Å². The number of aliphatic hydroxyl groups excluding tert-OH is 6. The van der Waals surface area contributed by atoms with E-state index < -0.39 is 112 Å². The molecule has 2 saturated heterocycles. The van der Waals surface area contributed by atoms with Crippen molar-refractivity contribution in [3.63, 3.8) is 0 Å². The van der Waals surface area contributed by atoms with Gasteiger partial charge in [-0.05, 0) is 6.07 Å². The van der Waals surface area contributed by atoms with Crippen LogP contribution in [0, 0.1) is 0 Å². The van der Waals surface area contributed by atoms with Crippen LogP contribution >= 0.6 is 7.82 Å². The van der Waals surface area contributed by atoms with E-state index in [-0.39, 0.29) is 35.4 Å². The number of phosphoric ester groups is 1. The second-order valence-corrected chi connectivity index (χ2v) is 10.7. The molecule has 3 heterocycles. The summed E-state index contributed by atoms with van der Waals surface area (Å²) in [6, 6.07) is -0.506. The number of nitrogen functional groups attached to an aromatic ring is 1. The summed E-state index contributed by atoms with van der Waals surface area (Å²) in [5, 5.41) is 74.8. The number of aliphatic hydroxyl groups is 6. The first kappa shape index (κ1) is 37.6.